The summed E-state index contributed by atoms with van der Waals surface area (Å²) in [6, 6.07) is 0.801. The molecular weight excluding hydrogens is 259 g/mol. The van der Waals surface area contributed by atoms with Gasteiger partial charge in [-0.3, -0.25) is 9.78 Å². The van der Waals surface area contributed by atoms with Crippen LogP contribution < -0.4 is 14.9 Å². The molecule has 0 saturated carbocycles. The van der Waals surface area contributed by atoms with Crippen LogP contribution >= 0.6 is 0 Å². The van der Waals surface area contributed by atoms with Crippen LogP contribution in [0, 0.1) is 0 Å². The van der Waals surface area contributed by atoms with E-state index in [1.54, 1.807) is 0 Å². The summed E-state index contributed by atoms with van der Waals surface area (Å²) in [5, 5.41) is 0. The number of nitrogens with one attached hydrogen (secondary N) is 1. The molecule has 1 aromatic rings. The molecule has 0 aliphatic rings. The van der Waals surface area contributed by atoms with E-state index < -0.39 is 29.2 Å². The van der Waals surface area contributed by atoms with Gasteiger partial charge in [-0.25, -0.2) is 4.79 Å². The standard InChI is InChI=1S/C9H8F3NO5/c1-16-5-3-4(14)6(8(15)17-2)7(13-5)18-9(10,11)12/h3H,1-2H3,(H,13,14). The Morgan fingerprint density at radius 2 is 1.94 bits per heavy atom. The Bertz CT molecular complexity index is 508. The zero-order valence-corrected chi connectivity index (χ0v) is 9.25. The van der Waals surface area contributed by atoms with Gasteiger partial charge in [0.2, 0.25) is 11.3 Å². The summed E-state index contributed by atoms with van der Waals surface area (Å²) in [7, 11) is 2.05. The number of ether oxygens (including phenoxy) is 3. The number of hydrogen-bond acceptors (Lipinski definition) is 5. The van der Waals surface area contributed by atoms with Crippen LogP contribution in [0.3, 0.4) is 0 Å². The highest BCUT2D eigenvalue weighted by molar-refractivity contribution is 5.91. The van der Waals surface area contributed by atoms with Crippen molar-refractivity contribution in [1.82, 2.24) is 4.98 Å². The number of carbonyl (C=O) groups is 1. The molecule has 0 fully saturated rings. The quantitative estimate of drug-likeness (QED) is 0.829. The number of carbonyl (C=O) groups excluding carboxylic acids is 1. The van der Waals surface area contributed by atoms with Gasteiger partial charge in [0.1, 0.15) is 0 Å². The Kier molecular flexibility index (Phi) is 3.84. The van der Waals surface area contributed by atoms with Crippen LogP contribution in [0.15, 0.2) is 10.9 Å². The van der Waals surface area contributed by atoms with Gasteiger partial charge >= 0.3 is 12.3 Å². The summed E-state index contributed by atoms with van der Waals surface area (Å²) in [5.41, 5.74) is -1.91. The summed E-state index contributed by atoms with van der Waals surface area (Å²) in [6.07, 6.45) is -5.07. The smallest absolute Gasteiger partial charge is 0.482 e. The Hall–Kier alpha value is -2.19. The summed E-state index contributed by atoms with van der Waals surface area (Å²) in [4.78, 5) is 24.7. The van der Waals surface area contributed by atoms with Gasteiger partial charge in [0, 0.05) is 6.07 Å². The van der Waals surface area contributed by atoms with Crippen molar-refractivity contribution in [1.29, 1.82) is 0 Å². The summed E-state index contributed by atoms with van der Waals surface area (Å²) >= 11 is 0. The number of pyridine rings is 1. The van der Waals surface area contributed by atoms with Crippen molar-refractivity contribution in [2.45, 2.75) is 6.36 Å². The minimum absolute atomic E-state index is 0.285. The lowest BCUT2D eigenvalue weighted by Gasteiger charge is -2.12. The van der Waals surface area contributed by atoms with Crippen LogP contribution in [-0.2, 0) is 4.74 Å². The SMILES string of the molecule is COC(=O)c1c(OC(F)(F)F)[nH]c(OC)cc1=O. The van der Waals surface area contributed by atoms with E-state index in [0.29, 0.717) is 0 Å². The number of rotatable bonds is 3. The molecule has 1 N–H and O–H groups in total. The number of H-pyrrole nitrogens is 1. The number of aromatic amines is 1. The predicted molar refractivity (Wildman–Crippen MR) is 51.6 cm³/mol. The number of methoxy groups -OCH3 is 2. The number of hydrogen-bond donors (Lipinski definition) is 1. The molecule has 100 valence electrons. The fraction of sp³-hybridized carbons (Fsp3) is 0.333. The first-order valence-corrected chi connectivity index (χ1v) is 4.44. The Morgan fingerprint density at radius 1 is 1.33 bits per heavy atom. The topological polar surface area (TPSA) is 77.6 Å². The average Bonchev–Trinajstić information content (AvgIpc) is 2.25. The van der Waals surface area contributed by atoms with Gasteiger partial charge in [-0.05, 0) is 0 Å². The maximum absolute atomic E-state index is 12.1. The van der Waals surface area contributed by atoms with E-state index in [1.165, 1.54) is 0 Å². The van der Waals surface area contributed by atoms with E-state index >= 15 is 0 Å². The molecule has 0 bridgehead atoms. The van der Waals surface area contributed by atoms with E-state index in [1.807, 2.05) is 4.98 Å². The van der Waals surface area contributed by atoms with Crippen LogP contribution in [0.25, 0.3) is 0 Å². The molecule has 0 spiro atoms. The van der Waals surface area contributed by atoms with Gasteiger partial charge in [-0.1, -0.05) is 0 Å². The zero-order chi connectivity index (χ0) is 13.9. The summed E-state index contributed by atoms with van der Waals surface area (Å²) in [6.45, 7) is 0. The van der Waals surface area contributed by atoms with Crippen molar-refractivity contribution in [3.63, 3.8) is 0 Å². The molecule has 0 aliphatic carbocycles. The van der Waals surface area contributed by atoms with Crippen LogP contribution in [0.2, 0.25) is 0 Å². The molecule has 6 nitrogen and oxygen atoms in total. The van der Waals surface area contributed by atoms with Crippen molar-refractivity contribution in [3.05, 3.63) is 21.9 Å². The van der Waals surface area contributed by atoms with Crippen molar-refractivity contribution in [3.8, 4) is 11.8 Å². The van der Waals surface area contributed by atoms with Crippen LogP contribution in [-0.4, -0.2) is 31.5 Å². The molecule has 1 heterocycles. The van der Waals surface area contributed by atoms with Crippen molar-refractivity contribution >= 4 is 5.97 Å². The first-order chi connectivity index (χ1) is 8.28. The van der Waals surface area contributed by atoms with Crippen molar-refractivity contribution in [2.24, 2.45) is 0 Å². The average molecular weight is 267 g/mol. The monoisotopic (exact) mass is 267 g/mol. The highest BCUT2D eigenvalue weighted by Crippen LogP contribution is 2.24. The lowest BCUT2D eigenvalue weighted by atomic mass is 10.2. The predicted octanol–water partition coefficient (Wildman–Crippen LogP) is 1.07. The number of alkyl halides is 3. The fourth-order valence-corrected chi connectivity index (χ4v) is 1.11. The molecule has 18 heavy (non-hydrogen) atoms. The molecule has 0 aromatic carbocycles. The fourth-order valence-electron chi connectivity index (χ4n) is 1.11. The first kappa shape index (κ1) is 13.9. The van der Waals surface area contributed by atoms with Gasteiger partial charge in [0.25, 0.3) is 0 Å². The van der Waals surface area contributed by atoms with Gasteiger partial charge < -0.3 is 14.2 Å². The molecule has 0 amide bonds. The third-order valence-corrected chi connectivity index (χ3v) is 1.80. The number of esters is 1. The van der Waals surface area contributed by atoms with Crippen LogP contribution in [0.1, 0.15) is 10.4 Å². The maximum atomic E-state index is 12.1. The largest absolute Gasteiger partial charge is 0.574 e. The third kappa shape index (κ3) is 3.15. The highest BCUT2D eigenvalue weighted by atomic mass is 19.4. The molecule has 9 heteroatoms. The van der Waals surface area contributed by atoms with Crippen LogP contribution in [0.5, 0.6) is 11.8 Å². The van der Waals surface area contributed by atoms with Crippen LogP contribution in [0.4, 0.5) is 13.2 Å². The second-order valence-corrected chi connectivity index (χ2v) is 2.95. The minimum atomic E-state index is -5.07. The minimum Gasteiger partial charge on any atom is -0.482 e. The highest BCUT2D eigenvalue weighted by Gasteiger charge is 2.35. The lowest BCUT2D eigenvalue weighted by molar-refractivity contribution is -0.276. The second-order valence-electron chi connectivity index (χ2n) is 2.95. The van der Waals surface area contributed by atoms with E-state index in [4.69, 9.17) is 0 Å². The molecular formula is C9H8F3NO5. The molecule has 0 atom stereocenters. The van der Waals surface area contributed by atoms with E-state index in [9.17, 15) is 22.8 Å². The summed E-state index contributed by atoms with van der Waals surface area (Å²) < 4.78 is 48.7. The normalized spacial score (nSPS) is 10.9. The molecule has 0 unspecified atom stereocenters. The Labute approximate surface area is 98.3 Å². The molecule has 1 rings (SSSR count). The van der Waals surface area contributed by atoms with Gasteiger partial charge in [0.15, 0.2) is 11.4 Å². The second kappa shape index (κ2) is 4.98. The lowest BCUT2D eigenvalue weighted by Crippen LogP contribution is -2.25. The van der Waals surface area contributed by atoms with E-state index in [-0.39, 0.29) is 5.88 Å². The molecule has 1 aromatic heterocycles. The maximum Gasteiger partial charge on any atom is 0.574 e. The molecule has 0 saturated heterocycles. The van der Waals surface area contributed by atoms with Gasteiger partial charge in [-0.2, -0.15) is 0 Å². The number of aromatic nitrogens is 1. The Balaban J connectivity index is 3.39. The zero-order valence-electron chi connectivity index (χ0n) is 9.25. The van der Waals surface area contributed by atoms with Crippen molar-refractivity contribution in [2.75, 3.05) is 14.2 Å². The van der Waals surface area contributed by atoms with Gasteiger partial charge in [-0.15, -0.1) is 13.2 Å². The van der Waals surface area contributed by atoms with E-state index in [0.717, 1.165) is 20.3 Å². The van der Waals surface area contributed by atoms with Gasteiger partial charge in [0.05, 0.1) is 14.2 Å². The number of halogens is 3. The molecule has 0 radical (unpaired) electrons. The first-order valence-electron chi connectivity index (χ1n) is 4.44. The molecule has 0 aliphatic heterocycles. The van der Waals surface area contributed by atoms with Crippen molar-refractivity contribution < 1.29 is 32.2 Å². The van der Waals surface area contributed by atoms with E-state index in [2.05, 4.69) is 14.2 Å². The Morgan fingerprint density at radius 3 is 2.39 bits per heavy atom. The summed E-state index contributed by atoms with van der Waals surface area (Å²) in [5.74, 6) is -2.62. The third-order valence-electron chi connectivity index (χ3n) is 1.80.